The first kappa shape index (κ1) is 18.9. The van der Waals surface area contributed by atoms with Gasteiger partial charge in [0.05, 0.1) is 12.6 Å². The number of benzene rings is 2. The lowest BCUT2D eigenvalue weighted by atomic mass is 10.0. The van der Waals surface area contributed by atoms with Crippen molar-refractivity contribution >= 4 is 5.91 Å². The minimum Gasteiger partial charge on any atom is -0.360 e. The number of hydrogen-bond acceptors (Lipinski definition) is 3. The molecule has 4 heteroatoms. The van der Waals surface area contributed by atoms with Crippen LogP contribution in [0.3, 0.4) is 0 Å². The van der Waals surface area contributed by atoms with Crippen LogP contribution in [0.5, 0.6) is 0 Å². The van der Waals surface area contributed by atoms with Crippen LogP contribution in [0.2, 0.25) is 0 Å². The average Bonchev–Trinajstić information content (AvgIpc) is 3.25. The van der Waals surface area contributed by atoms with Gasteiger partial charge in [-0.2, -0.15) is 0 Å². The van der Waals surface area contributed by atoms with Gasteiger partial charge in [-0.3, -0.25) is 4.79 Å². The SMILES string of the molecule is O=C1C(c2ccccc2)OCC=CCN1[C@H](CN1CCCC1)c1ccccc1. The van der Waals surface area contributed by atoms with Gasteiger partial charge in [-0.25, -0.2) is 0 Å². The molecule has 1 unspecified atom stereocenters. The monoisotopic (exact) mass is 376 g/mol. The number of hydrogen-bond donors (Lipinski definition) is 0. The van der Waals surface area contributed by atoms with E-state index in [9.17, 15) is 4.79 Å². The van der Waals surface area contributed by atoms with Gasteiger partial charge in [0.25, 0.3) is 5.91 Å². The highest BCUT2D eigenvalue weighted by atomic mass is 16.5. The Kier molecular flexibility index (Phi) is 6.20. The van der Waals surface area contributed by atoms with E-state index in [0.717, 1.165) is 25.2 Å². The molecule has 2 aromatic carbocycles. The van der Waals surface area contributed by atoms with E-state index in [1.165, 1.54) is 18.4 Å². The molecule has 2 atom stereocenters. The number of ether oxygens (including phenoxy) is 1. The van der Waals surface area contributed by atoms with Gasteiger partial charge in [-0.15, -0.1) is 0 Å². The highest BCUT2D eigenvalue weighted by Gasteiger charge is 2.33. The van der Waals surface area contributed by atoms with Gasteiger partial charge in [0.2, 0.25) is 0 Å². The van der Waals surface area contributed by atoms with Crippen LogP contribution in [-0.2, 0) is 9.53 Å². The number of likely N-dealkylation sites (tertiary alicyclic amines) is 1. The van der Waals surface area contributed by atoms with E-state index >= 15 is 0 Å². The Bertz CT molecular complexity index is 785. The smallest absolute Gasteiger partial charge is 0.257 e. The molecule has 4 nitrogen and oxygen atoms in total. The van der Waals surface area contributed by atoms with Crippen molar-refractivity contribution in [3.05, 3.63) is 83.9 Å². The molecule has 146 valence electrons. The Morgan fingerprint density at radius 1 is 0.929 bits per heavy atom. The Hall–Kier alpha value is -2.43. The molecule has 1 saturated heterocycles. The zero-order chi connectivity index (χ0) is 19.2. The summed E-state index contributed by atoms with van der Waals surface area (Å²) < 4.78 is 5.98. The summed E-state index contributed by atoms with van der Waals surface area (Å²) >= 11 is 0. The fourth-order valence-electron chi connectivity index (χ4n) is 4.14. The average molecular weight is 377 g/mol. The second-order valence-electron chi connectivity index (χ2n) is 7.52. The number of carbonyl (C=O) groups is 1. The van der Waals surface area contributed by atoms with Crippen LogP contribution in [-0.4, -0.2) is 48.5 Å². The van der Waals surface area contributed by atoms with Crippen LogP contribution in [0.15, 0.2) is 72.8 Å². The summed E-state index contributed by atoms with van der Waals surface area (Å²) in [6.45, 7) is 4.16. The lowest BCUT2D eigenvalue weighted by Gasteiger charge is -2.37. The summed E-state index contributed by atoms with van der Waals surface area (Å²) in [5.74, 6) is 0.0450. The quantitative estimate of drug-likeness (QED) is 0.740. The van der Waals surface area contributed by atoms with E-state index in [2.05, 4.69) is 35.2 Å². The maximum Gasteiger partial charge on any atom is 0.257 e. The summed E-state index contributed by atoms with van der Waals surface area (Å²) in [6, 6.07) is 20.3. The van der Waals surface area contributed by atoms with Gasteiger partial charge in [0.1, 0.15) is 0 Å². The van der Waals surface area contributed by atoms with Crippen molar-refractivity contribution in [1.29, 1.82) is 0 Å². The van der Waals surface area contributed by atoms with E-state index in [-0.39, 0.29) is 11.9 Å². The third-order valence-corrected chi connectivity index (χ3v) is 5.63. The summed E-state index contributed by atoms with van der Waals surface area (Å²) in [5, 5.41) is 0. The maximum absolute atomic E-state index is 13.6. The number of amides is 1. The largest absolute Gasteiger partial charge is 0.360 e. The molecular formula is C24H28N2O2. The number of nitrogens with zero attached hydrogens (tertiary/aromatic N) is 2. The predicted molar refractivity (Wildman–Crippen MR) is 111 cm³/mol. The topological polar surface area (TPSA) is 32.8 Å². The molecule has 1 fully saturated rings. The normalized spacial score (nSPS) is 22.1. The lowest BCUT2D eigenvalue weighted by molar-refractivity contribution is -0.146. The van der Waals surface area contributed by atoms with Crippen LogP contribution < -0.4 is 0 Å². The van der Waals surface area contributed by atoms with E-state index in [4.69, 9.17) is 4.74 Å². The minimum absolute atomic E-state index is 0.0179. The van der Waals surface area contributed by atoms with Crippen LogP contribution in [0, 0.1) is 0 Å². The van der Waals surface area contributed by atoms with E-state index in [0.29, 0.717) is 13.2 Å². The molecule has 0 N–H and O–H groups in total. The Labute approximate surface area is 167 Å². The van der Waals surface area contributed by atoms with Crippen molar-refractivity contribution in [2.45, 2.75) is 25.0 Å². The third kappa shape index (κ3) is 4.34. The summed E-state index contributed by atoms with van der Waals surface area (Å²) in [7, 11) is 0. The van der Waals surface area contributed by atoms with Crippen molar-refractivity contribution in [2.75, 3.05) is 32.8 Å². The molecule has 2 aliphatic rings. The van der Waals surface area contributed by atoms with Gasteiger partial charge >= 0.3 is 0 Å². The van der Waals surface area contributed by atoms with E-state index in [1.54, 1.807) is 0 Å². The highest BCUT2D eigenvalue weighted by Crippen LogP contribution is 2.29. The number of carbonyl (C=O) groups excluding carboxylic acids is 1. The zero-order valence-electron chi connectivity index (χ0n) is 16.2. The van der Waals surface area contributed by atoms with E-state index in [1.807, 2.05) is 47.4 Å². The second-order valence-corrected chi connectivity index (χ2v) is 7.52. The molecule has 0 saturated carbocycles. The zero-order valence-corrected chi connectivity index (χ0v) is 16.2. The molecule has 2 aromatic rings. The van der Waals surface area contributed by atoms with Crippen molar-refractivity contribution in [3.63, 3.8) is 0 Å². The van der Waals surface area contributed by atoms with Crippen molar-refractivity contribution in [2.24, 2.45) is 0 Å². The molecule has 0 spiro atoms. The molecule has 28 heavy (non-hydrogen) atoms. The highest BCUT2D eigenvalue weighted by molar-refractivity contribution is 5.83. The molecule has 0 aromatic heterocycles. The molecule has 1 amide bonds. The summed E-state index contributed by atoms with van der Waals surface area (Å²) in [6.07, 6.45) is 6.00. The summed E-state index contributed by atoms with van der Waals surface area (Å²) in [5.41, 5.74) is 2.10. The van der Waals surface area contributed by atoms with Crippen LogP contribution in [0.4, 0.5) is 0 Å². The standard InChI is InChI=1S/C24H28N2O2/c27-24-23(21-13-5-2-6-14-21)28-18-10-9-17-26(24)22(19-25-15-7-8-16-25)20-11-3-1-4-12-20/h1-6,9-14,22-23H,7-8,15-19H2/t22-,23?/m1/s1. The second kappa shape index (κ2) is 9.18. The van der Waals surface area contributed by atoms with Gasteiger partial charge in [-0.1, -0.05) is 72.8 Å². The maximum atomic E-state index is 13.6. The van der Waals surface area contributed by atoms with Gasteiger partial charge in [-0.05, 0) is 37.1 Å². The fourth-order valence-corrected chi connectivity index (χ4v) is 4.14. The molecule has 2 heterocycles. The van der Waals surface area contributed by atoms with Crippen LogP contribution >= 0.6 is 0 Å². The minimum atomic E-state index is -0.559. The molecule has 0 bridgehead atoms. The van der Waals surface area contributed by atoms with Crippen molar-refractivity contribution in [3.8, 4) is 0 Å². The first-order valence-electron chi connectivity index (χ1n) is 10.2. The van der Waals surface area contributed by atoms with Crippen LogP contribution in [0.25, 0.3) is 0 Å². The molecule has 2 aliphatic heterocycles. The Morgan fingerprint density at radius 2 is 1.61 bits per heavy atom. The first-order valence-corrected chi connectivity index (χ1v) is 10.2. The first-order chi connectivity index (χ1) is 13.8. The van der Waals surface area contributed by atoms with Crippen molar-refractivity contribution in [1.82, 2.24) is 9.80 Å². The lowest BCUT2D eigenvalue weighted by Crippen LogP contribution is -2.44. The Morgan fingerprint density at radius 3 is 2.32 bits per heavy atom. The van der Waals surface area contributed by atoms with Gasteiger partial charge in [0.15, 0.2) is 6.10 Å². The molecule has 0 aliphatic carbocycles. The third-order valence-electron chi connectivity index (χ3n) is 5.63. The van der Waals surface area contributed by atoms with Gasteiger partial charge in [0, 0.05) is 13.1 Å². The number of rotatable bonds is 5. The van der Waals surface area contributed by atoms with Gasteiger partial charge < -0.3 is 14.5 Å². The summed E-state index contributed by atoms with van der Waals surface area (Å²) in [4.78, 5) is 18.1. The molecular weight excluding hydrogens is 348 g/mol. The van der Waals surface area contributed by atoms with Crippen molar-refractivity contribution < 1.29 is 9.53 Å². The fraction of sp³-hybridized carbons (Fsp3) is 0.375. The molecule has 0 radical (unpaired) electrons. The Balaban J connectivity index is 1.66. The molecule has 4 rings (SSSR count). The van der Waals surface area contributed by atoms with Crippen LogP contribution in [0.1, 0.15) is 36.1 Å². The van der Waals surface area contributed by atoms with E-state index < -0.39 is 6.10 Å². The predicted octanol–water partition coefficient (Wildman–Crippen LogP) is 3.98.